The maximum absolute atomic E-state index is 14.4. The van der Waals surface area contributed by atoms with Gasteiger partial charge in [0.15, 0.2) is 23.3 Å². The van der Waals surface area contributed by atoms with Crippen molar-refractivity contribution in [2.45, 2.75) is 25.9 Å². The number of anilines is 4. The van der Waals surface area contributed by atoms with Gasteiger partial charge in [0.05, 0.1) is 0 Å². The van der Waals surface area contributed by atoms with Crippen molar-refractivity contribution in [3.63, 3.8) is 0 Å². The Morgan fingerprint density at radius 2 is 1.21 bits per heavy atom. The van der Waals surface area contributed by atoms with Gasteiger partial charge < -0.3 is 26.0 Å². The van der Waals surface area contributed by atoms with Crippen molar-refractivity contribution in [2.24, 2.45) is 11.8 Å². The summed E-state index contributed by atoms with van der Waals surface area (Å²) in [6.07, 6.45) is 0.530. The summed E-state index contributed by atoms with van der Waals surface area (Å²) < 4.78 is 63.3. The van der Waals surface area contributed by atoms with Gasteiger partial charge in [0, 0.05) is 56.3 Å². The molecule has 2 aromatic carbocycles. The van der Waals surface area contributed by atoms with Gasteiger partial charge in [0.1, 0.15) is 17.5 Å². The van der Waals surface area contributed by atoms with Gasteiger partial charge in [-0.3, -0.25) is 4.79 Å². The van der Waals surface area contributed by atoms with Gasteiger partial charge in [-0.05, 0) is 37.1 Å². The minimum absolute atomic E-state index is 0.00420. The number of nitrogens with zero attached hydrogens (tertiary/aromatic N) is 2. The lowest BCUT2D eigenvalue weighted by molar-refractivity contribution is -0.151. The maximum atomic E-state index is 14.4. The number of rotatable bonds is 5. The number of ether oxygens (including phenoxy) is 1. The standard InChI is InChI=1S/C23H26F4N4O2/c1-12(32)33-23(13-2-4-30(10-13)21-17(24)6-15(28)7-18(21)25)14-3-5-31(11-14)22-19(26)8-16(29)9-20(22)27/h6-9,13-14,23H,2-5,10-11,28-29H2,1H3. The van der Waals surface area contributed by atoms with Crippen LogP contribution in [-0.2, 0) is 9.53 Å². The highest BCUT2D eigenvalue weighted by Gasteiger charge is 2.41. The lowest BCUT2D eigenvalue weighted by Gasteiger charge is -2.29. The van der Waals surface area contributed by atoms with Crippen LogP contribution in [0.25, 0.3) is 0 Å². The van der Waals surface area contributed by atoms with Crippen molar-refractivity contribution in [1.82, 2.24) is 0 Å². The molecule has 2 aromatic rings. The smallest absolute Gasteiger partial charge is 0.302 e. The van der Waals surface area contributed by atoms with Crippen molar-refractivity contribution in [1.29, 1.82) is 0 Å². The van der Waals surface area contributed by atoms with Crippen LogP contribution in [0.2, 0.25) is 0 Å². The molecule has 0 aromatic heterocycles. The summed E-state index contributed by atoms with van der Waals surface area (Å²) in [5.74, 6) is -3.88. The number of esters is 1. The molecule has 178 valence electrons. The fourth-order valence-corrected chi connectivity index (χ4v) is 5.06. The van der Waals surface area contributed by atoms with Gasteiger partial charge in [-0.25, -0.2) is 17.6 Å². The minimum atomic E-state index is -0.751. The summed E-state index contributed by atoms with van der Waals surface area (Å²) in [5, 5.41) is 0. The molecule has 2 heterocycles. The van der Waals surface area contributed by atoms with E-state index in [4.69, 9.17) is 16.2 Å². The third-order valence-corrected chi connectivity index (χ3v) is 6.39. The molecule has 0 spiro atoms. The Bertz CT molecular complexity index is 945. The monoisotopic (exact) mass is 466 g/mol. The Morgan fingerprint density at radius 1 is 0.848 bits per heavy atom. The maximum Gasteiger partial charge on any atom is 0.302 e. The number of nitrogen functional groups attached to an aromatic ring is 2. The second-order valence-corrected chi connectivity index (χ2v) is 8.73. The number of nitrogens with two attached hydrogens (primary N) is 2. The third-order valence-electron chi connectivity index (χ3n) is 6.39. The van der Waals surface area contributed by atoms with Crippen LogP contribution in [0, 0.1) is 35.1 Å². The first kappa shape index (κ1) is 23.0. The number of benzene rings is 2. The van der Waals surface area contributed by atoms with Gasteiger partial charge >= 0.3 is 5.97 Å². The van der Waals surface area contributed by atoms with Gasteiger partial charge in [-0.2, -0.15) is 0 Å². The molecular weight excluding hydrogens is 440 g/mol. The van der Waals surface area contributed by atoms with Gasteiger partial charge in [0.2, 0.25) is 0 Å². The number of hydrogen-bond acceptors (Lipinski definition) is 6. The Labute approximate surface area is 189 Å². The molecule has 0 bridgehead atoms. The predicted molar refractivity (Wildman–Crippen MR) is 118 cm³/mol. The first-order valence-corrected chi connectivity index (χ1v) is 10.8. The van der Waals surface area contributed by atoms with Crippen molar-refractivity contribution in [3.8, 4) is 0 Å². The first-order valence-electron chi connectivity index (χ1n) is 10.8. The van der Waals surface area contributed by atoms with Crippen LogP contribution in [0.5, 0.6) is 0 Å². The highest BCUT2D eigenvalue weighted by atomic mass is 19.1. The van der Waals surface area contributed by atoms with Crippen LogP contribution >= 0.6 is 0 Å². The summed E-state index contributed by atoms with van der Waals surface area (Å²) in [6, 6.07) is 4.28. The van der Waals surface area contributed by atoms with Crippen LogP contribution in [0.4, 0.5) is 40.3 Å². The zero-order chi connectivity index (χ0) is 23.9. The molecule has 0 aliphatic carbocycles. The molecule has 2 fully saturated rings. The van der Waals surface area contributed by atoms with E-state index >= 15 is 0 Å². The van der Waals surface area contributed by atoms with E-state index in [9.17, 15) is 22.4 Å². The Kier molecular flexibility index (Phi) is 6.27. The molecule has 4 rings (SSSR count). The highest BCUT2D eigenvalue weighted by molar-refractivity contribution is 5.66. The van der Waals surface area contributed by atoms with Crippen molar-refractivity contribution >= 4 is 28.7 Å². The molecular formula is C23H26F4N4O2. The van der Waals surface area contributed by atoms with Gasteiger partial charge in [-0.1, -0.05) is 0 Å². The zero-order valence-corrected chi connectivity index (χ0v) is 18.2. The molecule has 4 N–H and O–H groups in total. The predicted octanol–water partition coefficient (Wildman–Crippen LogP) is 3.69. The summed E-state index contributed by atoms with van der Waals surface area (Å²) in [7, 11) is 0. The molecule has 33 heavy (non-hydrogen) atoms. The minimum Gasteiger partial charge on any atom is -0.462 e. The van der Waals surface area contributed by atoms with E-state index in [-0.39, 0.29) is 47.7 Å². The molecule has 0 saturated carbocycles. The van der Waals surface area contributed by atoms with Crippen LogP contribution < -0.4 is 21.3 Å². The third kappa shape index (κ3) is 4.65. The second-order valence-electron chi connectivity index (χ2n) is 8.73. The van der Waals surface area contributed by atoms with Gasteiger partial charge in [-0.15, -0.1) is 0 Å². The molecule has 2 atom stereocenters. The van der Waals surface area contributed by atoms with E-state index in [1.165, 1.54) is 6.92 Å². The molecule has 2 unspecified atom stereocenters. The quantitative estimate of drug-likeness (QED) is 0.397. The Balaban J connectivity index is 1.53. The number of halogens is 4. The number of hydrogen-bond donors (Lipinski definition) is 2. The summed E-state index contributed by atoms with van der Waals surface area (Å²) >= 11 is 0. The van der Waals surface area contributed by atoms with Crippen LogP contribution in [0.3, 0.4) is 0 Å². The fraction of sp³-hybridized carbons (Fsp3) is 0.435. The lowest BCUT2D eigenvalue weighted by atomic mass is 9.89. The average molecular weight is 466 g/mol. The summed E-state index contributed by atoms with van der Waals surface area (Å²) in [6.45, 7) is 2.59. The van der Waals surface area contributed by atoms with E-state index < -0.39 is 35.3 Å². The van der Waals surface area contributed by atoms with Crippen LogP contribution in [0.1, 0.15) is 19.8 Å². The largest absolute Gasteiger partial charge is 0.462 e. The lowest BCUT2D eigenvalue weighted by Crippen LogP contribution is -2.37. The SMILES string of the molecule is CC(=O)OC(C1CCN(c2c(F)cc(N)cc2F)C1)C1CCN(c2c(F)cc(N)cc2F)C1. The van der Waals surface area contributed by atoms with E-state index in [0.717, 1.165) is 24.3 Å². The topological polar surface area (TPSA) is 84.8 Å². The fourth-order valence-electron chi connectivity index (χ4n) is 5.06. The highest BCUT2D eigenvalue weighted by Crippen LogP contribution is 2.38. The molecule has 2 aliphatic heterocycles. The molecule has 10 heteroatoms. The Hall–Kier alpha value is -3.17. The summed E-state index contributed by atoms with van der Waals surface area (Å²) in [4.78, 5) is 15.0. The van der Waals surface area contributed by atoms with Crippen LogP contribution in [-0.4, -0.2) is 38.3 Å². The molecule has 2 aliphatic rings. The number of carbonyl (C=O) groups excluding carboxylic acids is 1. The van der Waals surface area contributed by atoms with Crippen molar-refractivity contribution in [2.75, 3.05) is 47.4 Å². The van der Waals surface area contributed by atoms with Crippen LogP contribution in [0.15, 0.2) is 24.3 Å². The molecule has 0 radical (unpaired) electrons. The van der Waals surface area contributed by atoms with Crippen molar-refractivity contribution in [3.05, 3.63) is 47.5 Å². The number of carbonyl (C=O) groups is 1. The van der Waals surface area contributed by atoms with Gasteiger partial charge in [0.25, 0.3) is 0 Å². The Morgan fingerprint density at radius 3 is 1.55 bits per heavy atom. The first-order chi connectivity index (χ1) is 15.6. The van der Waals surface area contributed by atoms with E-state index in [1.807, 2.05) is 0 Å². The van der Waals surface area contributed by atoms with E-state index in [2.05, 4.69) is 0 Å². The molecule has 2 saturated heterocycles. The normalized spacial score (nSPS) is 21.5. The van der Waals surface area contributed by atoms with E-state index in [1.54, 1.807) is 9.80 Å². The zero-order valence-electron chi connectivity index (χ0n) is 18.2. The van der Waals surface area contributed by atoms with Crippen molar-refractivity contribution < 1.29 is 27.1 Å². The van der Waals surface area contributed by atoms with E-state index in [0.29, 0.717) is 25.9 Å². The molecule has 0 amide bonds. The summed E-state index contributed by atoms with van der Waals surface area (Å²) in [5.41, 5.74) is 10.7. The average Bonchev–Trinajstić information content (AvgIpc) is 3.35. The molecule has 6 nitrogen and oxygen atoms in total. The second kappa shape index (κ2) is 8.99.